The summed E-state index contributed by atoms with van der Waals surface area (Å²) >= 11 is 0. The number of carbonyl (C=O) groups is 2. The Morgan fingerprint density at radius 3 is 2.10 bits per heavy atom. The first-order valence-corrected chi connectivity index (χ1v) is 10.1. The third kappa shape index (κ3) is 5.06. The lowest BCUT2D eigenvalue weighted by atomic mass is 10.0. The quantitative estimate of drug-likeness (QED) is 0.620. The maximum atomic E-state index is 13.2. The average molecular weight is 424 g/mol. The van der Waals surface area contributed by atoms with Crippen LogP contribution in [0.3, 0.4) is 0 Å². The molecule has 0 saturated carbocycles. The van der Waals surface area contributed by atoms with Crippen molar-refractivity contribution in [2.75, 3.05) is 32.7 Å². The van der Waals surface area contributed by atoms with E-state index >= 15 is 0 Å². The summed E-state index contributed by atoms with van der Waals surface area (Å²) in [5, 5.41) is 3.13. The van der Waals surface area contributed by atoms with Gasteiger partial charge in [-0.3, -0.25) is 14.5 Å². The fraction of sp³-hybridized carbons (Fsp3) is 0.333. The molecular formula is C24H28N2O5. The molecule has 0 aromatic heterocycles. The second-order valence-corrected chi connectivity index (χ2v) is 7.52. The molecule has 1 aliphatic rings. The minimum atomic E-state index is -0.394. The van der Waals surface area contributed by atoms with Gasteiger partial charge in [0, 0.05) is 23.9 Å². The molecule has 2 amide bonds. The number of nitrogens with one attached hydrogen (secondary N) is 1. The van der Waals surface area contributed by atoms with Crippen LogP contribution >= 0.6 is 0 Å². The summed E-state index contributed by atoms with van der Waals surface area (Å²) in [5.74, 6) is 0.393. The molecule has 3 rings (SSSR count). The normalized spacial score (nSPS) is 13.9. The zero-order valence-corrected chi connectivity index (χ0v) is 18.5. The van der Waals surface area contributed by atoms with E-state index in [-0.39, 0.29) is 30.9 Å². The van der Waals surface area contributed by atoms with Crippen LogP contribution in [0.5, 0.6) is 11.5 Å². The molecule has 2 aromatic rings. The first kappa shape index (κ1) is 22.4. The first-order chi connectivity index (χ1) is 14.8. The smallest absolute Gasteiger partial charge is 0.278 e. The van der Waals surface area contributed by atoms with Crippen LogP contribution in [0.15, 0.2) is 48.2 Å². The second kappa shape index (κ2) is 9.66. The van der Waals surface area contributed by atoms with E-state index in [2.05, 4.69) is 5.32 Å². The molecule has 0 radical (unpaired) electrons. The topological polar surface area (TPSA) is 77.1 Å². The second-order valence-electron chi connectivity index (χ2n) is 7.52. The van der Waals surface area contributed by atoms with Crippen LogP contribution in [-0.2, 0) is 14.3 Å². The van der Waals surface area contributed by atoms with Gasteiger partial charge in [0.15, 0.2) is 0 Å². The third-order valence-corrected chi connectivity index (χ3v) is 4.90. The molecule has 31 heavy (non-hydrogen) atoms. The Morgan fingerprint density at radius 2 is 1.55 bits per heavy atom. The summed E-state index contributed by atoms with van der Waals surface area (Å²) in [6, 6.07) is 12.7. The fourth-order valence-corrected chi connectivity index (χ4v) is 3.29. The van der Waals surface area contributed by atoms with Crippen LogP contribution in [0, 0.1) is 6.92 Å². The van der Waals surface area contributed by atoms with Crippen molar-refractivity contribution in [3.05, 3.63) is 59.3 Å². The molecule has 1 heterocycles. The van der Waals surface area contributed by atoms with Crippen LogP contribution in [0.2, 0.25) is 0 Å². The summed E-state index contributed by atoms with van der Waals surface area (Å²) in [6.07, 6.45) is 0.0131. The SMILES string of the molecule is COc1cc(NC2=C(c3ccc(C)cc3)C(=O)N(CCOC(C)C)C2=O)cc(OC)c1. The number of amides is 2. The van der Waals surface area contributed by atoms with Crippen LogP contribution in [0.25, 0.3) is 5.57 Å². The average Bonchev–Trinajstić information content (AvgIpc) is 2.98. The van der Waals surface area contributed by atoms with Crippen molar-refractivity contribution in [2.24, 2.45) is 0 Å². The number of rotatable bonds is 9. The maximum absolute atomic E-state index is 13.2. The van der Waals surface area contributed by atoms with Gasteiger partial charge in [-0.1, -0.05) is 29.8 Å². The van der Waals surface area contributed by atoms with Gasteiger partial charge in [-0.2, -0.15) is 0 Å². The molecule has 0 unspecified atom stereocenters. The Hall–Kier alpha value is -3.32. The summed E-state index contributed by atoms with van der Waals surface area (Å²) in [4.78, 5) is 27.7. The van der Waals surface area contributed by atoms with Gasteiger partial charge in [-0.25, -0.2) is 0 Å². The zero-order valence-electron chi connectivity index (χ0n) is 18.5. The van der Waals surface area contributed by atoms with Crippen LogP contribution in [0.4, 0.5) is 5.69 Å². The lowest BCUT2D eigenvalue weighted by Gasteiger charge is -2.16. The number of carbonyl (C=O) groups excluding carboxylic acids is 2. The van der Waals surface area contributed by atoms with E-state index in [0.29, 0.717) is 28.3 Å². The van der Waals surface area contributed by atoms with Gasteiger partial charge in [0.05, 0.1) is 39.0 Å². The van der Waals surface area contributed by atoms with Crippen molar-refractivity contribution in [3.63, 3.8) is 0 Å². The molecule has 2 aromatic carbocycles. The molecule has 0 fully saturated rings. The maximum Gasteiger partial charge on any atom is 0.278 e. The van der Waals surface area contributed by atoms with Crippen molar-refractivity contribution in [1.82, 2.24) is 4.90 Å². The molecular weight excluding hydrogens is 396 g/mol. The molecule has 0 saturated heterocycles. The van der Waals surface area contributed by atoms with Crippen molar-refractivity contribution in [1.29, 1.82) is 0 Å². The van der Waals surface area contributed by atoms with Crippen molar-refractivity contribution >= 4 is 23.1 Å². The van der Waals surface area contributed by atoms with Gasteiger partial charge >= 0.3 is 0 Å². The Bertz CT molecular complexity index is 973. The molecule has 7 heteroatoms. The number of anilines is 1. The monoisotopic (exact) mass is 424 g/mol. The van der Waals surface area contributed by atoms with Crippen molar-refractivity contribution < 1.29 is 23.8 Å². The summed E-state index contributed by atoms with van der Waals surface area (Å²) in [6.45, 7) is 6.24. The molecule has 7 nitrogen and oxygen atoms in total. The molecule has 1 N–H and O–H groups in total. The Kier molecular flexibility index (Phi) is 6.97. The number of benzene rings is 2. The largest absolute Gasteiger partial charge is 0.497 e. The molecule has 0 atom stereocenters. The van der Waals surface area contributed by atoms with E-state index in [9.17, 15) is 9.59 Å². The van der Waals surface area contributed by atoms with Gasteiger partial charge in [-0.15, -0.1) is 0 Å². The molecule has 0 bridgehead atoms. The molecule has 164 valence electrons. The van der Waals surface area contributed by atoms with Gasteiger partial charge in [-0.05, 0) is 26.3 Å². The lowest BCUT2D eigenvalue weighted by Crippen LogP contribution is -2.35. The van der Waals surface area contributed by atoms with Crippen LogP contribution in [0.1, 0.15) is 25.0 Å². The third-order valence-electron chi connectivity index (χ3n) is 4.90. The zero-order chi connectivity index (χ0) is 22.5. The van der Waals surface area contributed by atoms with E-state index in [4.69, 9.17) is 14.2 Å². The molecule has 1 aliphatic heterocycles. The Labute approximate surface area is 182 Å². The number of nitrogens with zero attached hydrogens (tertiary/aromatic N) is 1. The van der Waals surface area contributed by atoms with E-state index in [1.165, 1.54) is 4.90 Å². The molecule has 0 spiro atoms. The van der Waals surface area contributed by atoms with Gasteiger partial charge in [0.2, 0.25) is 0 Å². The Morgan fingerprint density at radius 1 is 0.935 bits per heavy atom. The minimum Gasteiger partial charge on any atom is -0.497 e. The van der Waals surface area contributed by atoms with Gasteiger partial charge < -0.3 is 19.5 Å². The highest BCUT2D eigenvalue weighted by Gasteiger charge is 2.39. The summed E-state index contributed by atoms with van der Waals surface area (Å²) in [5.41, 5.74) is 2.87. The van der Waals surface area contributed by atoms with E-state index in [0.717, 1.165) is 5.56 Å². The molecule has 0 aliphatic carbocycles. The van der Waals surface area contributed by atoms with Gasteiger partial charge in [0.1, 0.15) is 17.2 Å². The van der Waals surface area contributed by atoms with E-state index in [1.807, 2.05) is 45.0 Å². The van der Waals surface area contributed by atoms with Crippen LogP contribution < -0.4 is 14.8 Å². The lowest BCUT2D eigenvalue weighted by molar-refractivity contribution is -0.137. The number of imide groups is 1. The fourth-order valence-electron chi connectivity index (χ4n) is 3.29. The number of hydrogen-bond donors (Lipinski definition) is 1. The number of aryl methyl sites for hydroxylation is 1. The van der Waals surface area contributed by atoms with Crippen LogP contribution in [-0.4, -0.2) is 50.2 Å². The van der Waals surface area contributed by atoms with Gasteiger partial charge in [0.25, 0.3) is 11.8 Å². The highest BCUT2D eigenvalue weighted by atomic mass is 16.5. The summed E-state index contributed by atoms with van der Waals surface area (Å²) < 4.78 is 16.2. The van der Waals surface area contributed by atoms with Crippen molar-refractivity contribution in [3.8, 4) is 11.5 Å². The first-order valence-electron chi connectivity index (χ1n) is 10.1. The highest BCUT2D eigenvalue weighted by Crippen LogP contribution is 2.33. The number of methoxy groups -OCH3 is 2. The number of ether oxygens (including phenoxy) is 3. The van der Waals surface area contributed by atoms with E-state index in [1.54, 1.807) is 32.4 Å². The standard InChI is InChI=1S/C24H28N2O5/c1-15(2)31-11-10-26-23(27)21(17-8-6-16(3)7-9-17)22(24(26)28)25-18-12-19(29-4)14-20(13-18)30-5/h6-9,12-15,25H,10-11H2,1-5H3. The Balaban J connectivity index is 2.00. The summed E-state index contributed by atoms with van der Waals surface area (Å²) in [7, 11) is 3.10. The number of hydrogen-bond acceptors (Lipinski definition) is 6. The van der Waals surface area contributed by atoms with E-state index < -0.39 is 5.91 Å². The highest BCUT2D eigenvalue weighted by molar-refractivity contribution is 6.36. The predicted octanol–water partition coefficient (Wildman–Crippen LogP) is 3.63. The predicted molar refractivity (Wildman–Crippen MR) is 119 cm³/mol. The minimum absolute atomic E-state index is 0.0131. The van der Waals surface area contributed by atoms with Crippen molar-refractivity contribution in [2.45, 2.75) is 26.9 Å².